The van der Waals surface area contributed by atoms with E-state index in [1.165, 1.54) is 153 Å². The first kappa shape index (κ1) is 41.7. The summed E-state index contributed by atoms with van der Waals surface area (Å²) in [6.45, 7) is 13.3. The van der Waals surface area contributed by atoms with Crippen molar-refractivity contribution in [3.05, 3.63) is 0 Å². The summed E-state index contributed by atoms with van der Waals surface area (Å²) in [7, 11) is 2.76. The van der Waals surface area contributed by atoms with E-state index < -0.39 is 14.8 Å². The topological polar surface area (TPSA) is 67.8 Å². The number of aliphatic carboxylic acids is 1. The molecule has 0 atom stereocenters. The van der Waals surface area contributed by atoms with Gasteiger partial charge in [0.1, 0.15) is 0 Å². The van der Waals surface area contributed by atoms with Gasteiger partial charge < -0.3 is 27.7 Å². The van der Waals surface area contributed by atoms with Gasteiger partial charge in [0.15, 0.2) is 0 Å². The summed E-state index contributed by atoms with van der Waals surface area (Å²) in [5, 5.41) is 8.89. The lowest BCUT2D eigenvalue weighted by Gasteiger charge is -2.39. The van der Waals surface area contributed by atoms with Crippen molar-refractivity contribution in [1.29, 1.82) is 0 Å². The number of unbranched alkanes of at least 4 members (excludes halogenated alkanes) is 16. The van der Waals surface area contributed by atoms with Gasteiger partial charge >= 0.3 is 8.80 Å². The van der Waals surface area contributed by atoms with Crippen LogP contribution in [0.5, 0.6) is 0 Å². The zero-order valence-corrected chi connectivity index (χ0v) is 29.2. The average molecular weight is 590 g/mol. The maximum absolute atomic E-state index is 8.89. The minimum atomic E-state index is -2.42. The summed E-state index contributed by atoms with van der Waals surface area (Å²) >= 11 is 0. The molecule has 242 valence electrons. The fraction of sp³-hybridized carbons (Fsp3) is 0.970. The largest absolute Gasteiger partial charge is 0.550 e. The van der Waals surface area contributed by atoms with Crippen molar-refractivity contribution in [1.82, 2.24) is 0 Å². The minimum Gasteiger partial charge on any atom is -0.550 e. The number of hydrogen-bond acceptors (Lipinski definition) is 5. The molecule has 0 amide bonds. The quantitative estimate of drug-likeness (QED) is 0.0499. The van der Waals surface area contributed by atoms with Crippen molar-refractivity contribution in [2.45, 2.75) is 162 Å². The smallest absolute Gasteiger partial charge is 0.500 e. The molecule has 0 unspecified atom stereocenters. The standard InChI is InChI=1S/C31H68NO3Si.C2H4O2/c1-7-10-11-12-13-14-15-16-17-18-19-20-21-22-23-24-29-32(27-8-2,28-9-3)30-25-26-31-36(33-4,34-5)35-6;1-2(3)4/h7-31H2,1-6H3;1H3,(H,3,4)/q+1;/p-1. The predicted molar refractivity (Wildman–Crippen MR) is 171 cm³/mol. The molecule has 0 aromatic carbocycles. The second-order valence-corrected chi connectivity index (χ2v) is 14.9. The van der Waals surface area contributed by atoms with Crippen LogP contribution in [0, 0.1) is 0 Å². The summed E-state index contributed by atoms with van der Waals surface area (Å²) in [6, 6.07) is 0.924. The van der Waals surface area contributed by atoms with E-state index >= 15 is 0 Å². The van der Waals surface area contributed by atoms with Crippen molar-refractivity contribution < 1.29 is 27.7 Å². The Balaban J connectivity index is 0. The number of nitrogens with zero attached hydrogens (tertiary/aromatic N) is 1. The van der Waals surface area contributed by atoms with Crippen molar-refractivity contribution in [2.75, 3.05) is 47.5 Å². The molecule has 0 bridgehead atoms. The Morgan fingerprint density at radius 2 is 0.825 bits per heavy atom. The first-order valence-electron chi connectivity index (χ1n) is 17.0. The van der Waals surface area contributed by atoms with Crippen LogP contribution in [0.2, 0.25) is 6.04 Å². The van der Waals surface area contributed by atoms with E-state index in [1.54, 1.807) is 21.3 Å². The Morgan fingerprint density at radius 1 is 0.525 bits per heavy atom. The first-order valence-corrected chi connectivity index (χ1v) is 18.9. The normalized spacial score (nSPS) is 11.9. The molecule has 0 N–H and O–H groups in total. The van der Waals surface area contributed by atoms with Crippen LogP contribution in [0.15, 0.2) is 0 Å². The average Bonchev–Trinajstić information content (AvgIpc) is 2.93. The van der Waals surface area contributed by atoms with Crippen LogP contribution >= 0.6 is 0 Å². The van der Waals surface area contributed by atoms with Gasteiger partial charge in [-0.1, -0.05) is 111 Å². The van der Waals surface area contributed by atoms with Crippen molar-refractivity contribution in [2.24, 2.45) is 0 Å². The van der Waals surface area contributed by atoms with Gasteiger partial charge in [-0.15, -0.1) is 0 Å². The minimum absolute atomic E-state index is 0.924. The van der Waals surface area contributed by atoms with Gasteiger partial charge in [-0.05, 0) is 45.4 Å². The number of carbonyl (C=O) groups is 1. The van der Waals surface area contributed by atoms with Crippen LogP contribution in [-0.4, -0.2) is 66.8 Å². The molecule has 0 spiro atoms. The molecule has 0 saturated heterocycles. The Bertz CT molecular complexity index is 513. The highest BCUT2D eigenvalue weighted by molar-refractivity contribution is 6.60. The maximum Gasteiger partial charge on any atom is 0.500 e. The monoisotopic (exact) mass is 590 g/mol. The Labute approximate surface area is 251 Å². The number of hydrogen-bond donors (Lipinski definition) is 0. The van der Waals surface area contributed by atoms with Gasteiger partial charge in [0.2, 0.25) is 0 Å². The van der Waals surface area contributed by atoms with Crippen LogP contribution < -0.4 is 5.11 Å². The fourth-order valence-electron chi connectivity index (χ4n) is 5.96. The molecular formula is C33H71NO5Si. The molecule has 40 heavy (non-hydrogen) atoms. The van der Waals surface area contributed by atoms with Gasteiger partial charge in [0.25, 0.3) is 0 Å². The highest BCUT2D eigenvalue weighted by Crippen LogP contribution is 2.21. The van der Waals surface area contributed by atoms with E-state index in [-0.39, 0.29) is 0 Å². The number of carbonyl (C=O) groups excluding carboxylic acids is 1. The molecule has 0 heterocycles. The highest BCUT2D eigenvalue weighted by atomic mass is 28.4. The molecule has 0 aromatic heterocycles. The number of carboxylic acid groups (broad SMARTS) is 1. The molecule has 0 saturated carbocycles. The van der Waals surface area contributed by atoms with Crippen molar-refractivity contribution in [3.8, 4) is 0 Å². The van der Waals surface area contributed by atoms with E-state index in [0.717, 1.165) is 19.4 Å². The number of carboxylic acids is 1. The lowest BCUT2D eigenvalue weighted by atomic mass is 10.0. The second kappa shape index (κ2) is 30.0. The third-order valence-corrected chi connectivity index (χ3v) is 11.0. The van der Waals surface area contributed by atoms with Crippen molar-refractivity contribution >= 4 is 14.8 Å². The summed E-state index contributed by atoms with van der Waals surface area (Å²) in [6.07, 6.45) is 28.0. The number of quaternary nitrogens is 1. The summed E-state index contributed by atoms with van der Waals surface area (Å²) in [5.41, 5.74) is 0. The van der Waals surface area contributed by atoms with E-state index in [0.29, 0.717) is 0 Å². The third kappa shape index (κ3) is 25.3. The van der Waals surface area contributed by atoms with E-state index in [4.69, 9.17) is 23.2 Å². The number of rotatable bonds is 29. The Morgan fingerprint density at radius 3 is 1.12 bits per heavy atom. The van der Waals surface area contributed by atoms with Gasteiger partial charge in [-0.3, -0.25) is 0 Å². The zero-order valence-electron chi connectivity index (χ0n) is 28.2. The lowest BCUT2D eigenvalue weighted by Crippen LogP contribution is -2.50. The molecule has 6 nitrogen and oxygen atoms in total. The molecule has 0 aromatic rings. The second-order valence-electron chi connectivity index (χ2n) is 11.8. The van der Waals surface area contributed by atoms with E-state index in [1.807, 2.05) is 0 Å². The van der Waals surface area contributed by atoms with Crippen LogP contribution in [0.4, 0.5) is 0 Å². The maximum atomic E-state index is 8.89. The molecule has 7 heteroatoms. The van der Waals surface area contributed by atoms with Gasteiger partial charge in [-0.25, -0.2) is 0 Å². The summed E-state index contributed by atoms with van der Waals surface area (Å²) in [4.78, 5) is 8.89. The molecule has 0 fully saturated rings. The zero-order chi connectivity index (χ0) is 30.4. The molecule has 0 aliphatic rings. The molecule has 0 aliphatic heterocycles. The fourth-order valence-corrected chi connectivity index (χ4v) is 7.76. The van der Waals surface area contributed by atoms with E-state index in [9.17, 15) is 0 Å². The van der Waals surface area contributed by atoms with Gasteiger partial charge in [0.05, 0.1) is 26.2 Å². The van der Waals surface area contributed by atoms with Gasteiger partial charge in [0, 0.05) is 33.3 Å². The van der Waals surface area contributed by atoms with Crippen molar-refractivity contribution in [3.63, 3.8) is 0 Å². The van der Waals surface area contributed by atoms with E-state index in [2.05, 4.69) is 20.8 Å². The van der Waals surface area contributed by atoms with Crippen LogP contribution in [0.25, 0.3) is 0 Å². The molecule has 0 aliphatic carbocycles. The molecule has 0 radical (unpaired) electrons. The predicted octanol–water partition coefficient (Wildman–Crippen LogP) is 8.30. The van der Waals surface area contributed by atoms with Crippen LogP contribution in [0.3, 0.4) is 0 Å². The SMILES string of the molecule is CC(=O)[O-].CCCCCCCCCCCCCCCCCC[N+](CCC)(CCC)CCCC[Si](OC)(OC)OC. The van der Waals surface area contributed by atoms with Gasteiger partial charge in [-0.2, -0.15) is 0 Å². The van der Waals surface area contributed by atoms with Crippen LogP contribution in [0.1, 0.15) is 156 Å². The first-order chi connectivity index (χ1) is 19.3. The third-order valence-electron chi connectivity index (χ3n) is 8.18. The molecular weight excluding hydrogens is 518 g/mol. The summed E-state index contributed by atoms with van der Waals surface area (Å²) < 4.78 is 18.2. The summed E-state index contributed by atoms with van der Waals surface area (Å²) in [5.74, 6) is -1.08. The Kier molecular flexibility index (Phi) is 31.2. The molecule has 0 rings (SSSR count). The Hall–Kier alpha value is -0.473. The highest BCUT2D eigenvalue weighted by Gasteiger charge is 2.37. The lowest BCUT2D eigenvalue weighted by molar-refractivity contribution is -0.928. The van der Waals surface area contributed by atoms with Crippen LogP contribution in [-0.2, 0) is 18.1 Å².